The van der Waals surface area contributed by atoms with E-state index in [2.05, 4.69) is 45.6 Å². The fourth-order valence-electron chi connectivity index (χ4n) is 5.83. The first kappa shape index (κ1) is 27.9. The maximum absolute atomic E-state index is 10.5. The number of hydrogen-bond acceptors (Lipinski definition) is 8. The van der Waals surface area contributed by atoms with Gasteiger partial charge in [-0.05, 0) is 91.4 Å². The fraction of sp³-hybridized carbons (Fsp3) is 0.567. The molecule has 2 aliphatic rings. The van der Waals surface area contributed by atoms with Crippen molar-refractivity contribution in [3.05, 3.63) is 53.0 Å². The second-order valence-electron chi connectivity index (χ2n) is 10.7. The van der Waals surface area contributed by atoms with Gasteiger partial charge < -0.3 is 19.5 Å². The van der Waals surface area contributed by atoms with Crippen molar-refractivity contribution in [3.63, 3.8) is 0 Å². The Labute approximate surface area is 235 Å². The van der Waals surface area contributed by atoms with E-state index < -0.39 is 0 Å². The first-order valence-electron chi connectivity index (χ1n) is 13.9. The molecule has 3 aromatic rings. The van der Waals surface area contributed by atoms with Crippen LogP contribution in [0.25, 0.3) is 10.9 Å². The summed E-state index contributed by atoms with van der Waals surface area (Å²) in [6, 6.07) is 10.5. The summed E-state index contributed by atoms with van der Waals surface area (Å²) in [6.07, 6.45) is 7.37. The summed E-state index contributed by atoms with van der Waals surface area (Å²) >= 11 is 3.78. The molecule has 0 saturated carbocycles. The van der Waals surface area contributed by atoms with Gasteiger partial charge in [0, 0.05) is 50.1 Å². The molecule has 1 N–H and O–H groups in total. The molecule has 38 heavy (non-hydrogen) atoms. The van der Waals surface area contributed by atoms with E-state index in [9.17, 15) is 5.11 Å². The van der Waals surface area contributed by atoms with Crippen molar-refractivity contribution in [2.45, 2.75) is 42.9 Å². The minimum Gasteiger partial charge on any atom is -0.497 e. The number of morpholine rings is 1. The van der Waals surface area contributed by atoms with E-state index in [1.54, 1.807) is 7.11 Å². The van der Waals surface area contributed by atoms with Gasteiger partial charge in [-0.15, -0.1) is 23.1 Å². The minimum absolute atomic E-state index is 0.0439. The second-order valence-corrected chi connectivity index (χ2v) is 13.0. The molecule has 2 aromatic heterocycles. The van der Waals surface area contributed by atoms with Crippen LogP contribution in [0.3, 0.4) is 0 Å². The third-order valence-electron chi connectivity index (χ3n) is 8.31. The van der Waals surface area contributed by atoms with Crippen molar-refractivity contribution in [2.24, 2.45) is 5.41 Å². The number of aryl methyl sites for hydroxylation is 1. The van der Waals surface area contributed by atoms with Gasteiger partial charge in [0.2, 0.25) is 0 Å². The number of rotatable bonds is 12. The SMILES string of the molecule is COc1ccc2ncc(CN3CCOCC3)c(CCCC3(CO)CCN(CCSc4cccs4)CC3)c2c1. The Morgan fingerprint density at radius 1 is 1.13 bits per heavy atom. The van der Waals surface area contributed by atoms with Crippen molar-refractivity contribution in [1.29, 1.82) is 0 Å². The monoisotopic (exact) mass is 555 g/mol. The van der Waals surface area contributed by atoms with Gasteiger partial charge in [0.25, 0.3) is 0 Å². The summed E-state index contributed by atoms with van der Waals surface area (Å²) in [7, 11) is 1.73. The molecule has 2 saturated heterocycles. The molecule has 2 aliphatic heterocycles. The molecule has 0 amide bonds. The molecule has 0 spiro atoms. The summed E-state index contributed by atoms with van der Waals surface area (Å²) in [6.45, 7) is 8.02. The molecule has 0 atom stereocenters. The predicted octanol–water partition coefficient (Wildman–Crippen LogP) is 5.33. The number of aromatic nitrogens is 1. The van der Waals surface area contributed by atoms with Crippen LogP contribution < -0.4 is 4.74 Å². The van der Waals surface area contributed by atoms with Crippen LogP contribution in [0.1, 0.15) is 36.8 Å². The molecule has 1 aromatic carbocycles. The fourth-order valence-corrected chi connectivity index (χ4v) is 7.69. The number of likely N-dealkylation sites (tertiary alicyclic amines) is 1. The molecule has 206 valence electrons. The maximum Gasteiger partial charge on any atom is 0.119 e. The topological polar surface area (TPSA) is 58.1 Å². The van der Waals surface area contributed by atoms with Crippen molar-refractivity contribution in [1.82, 2.24) is 14.8 Å². The van der Waals surface area contributed by atoms with Crippen LogP contribution in [0.5, 0.6) is 5.75 Å². The summed E-state index contributed by atoms with van der Waals surface area (Å²) in [4.78, 5) is 9.85. The number of nitrogens with zero attached hydrogens (tertiary/aromatic N) is 3. The van der Waals surface area contributed by atoms with Gasteiger partial charge in [-0.2, -0.15) is 0 Å². The molecule has 6 nitrogen and oxygen atoms in total. The Morgan fingerprint density at radius 3 is 2.71 bits per heavy atom. The van der Waals surface area contributed by atoms with Crippen LogP contribution in [0.4, 0.5) is 0 Å². The zero-order valence-corrected chi connectivity index (χ0v) is 24.2. The number of methoxy groups -OCH3 is 1. The van der Waals surface area contributed by atoms with Gasteiger partial charge in [0.05, 0.1) is 30.0 Å². The molecule has 0 bridgehead atoms. The first-order chi connectivity index (χ1) is 18.7. The van der Waals surface area contributed by atoms with Crippen LogP contribution in [0, 0.1) is 5.41 Å². The maximum atomic E-state index is 10.5. The van der Waals surface area contributed by atoms with E-state index in [0.29, 0.717) is 0 Å². The molecule has 0 radical (unpaired) electrons. The van der Waals surface area contributed by atoms with Crippen LogP contribution in [0.15, 0.2) is 46.1 Å². The van der Waals surface area contributed by atoms with E-state index in [1.165, 1.54) is 20.7 Å². The van der Waals surface area contributed by atoms with Gasteiger partial charge in [-0.1, -0.05) is 6.07 Å². The van der Waals surface area contributed by atoms with Gasteiger partial charge in [-0.3, -0.25) is 9.88 Å². The van der Waals surface area contributed by atoms with Crippen LogP contribution >= 0.6 is 23.1 Å². The average molecular weight is 556 g/mol. The zero-order valence-electron chi connectivity index (χ0n) is 22.6. The zero-order chi connectivity index (χ0) is 26.2. The highest BCUT2D eigenvalue weighted by Gasteiger charge is 2.33. The van der Waals surface area contributed by atoms with E-state index >= 15 is 0 Å². The lowest BCUT2D eigenvalue weighted by molar-refractivity contribution is 0.0338. The number of piperidine rings is 1. The van der Waals surface area contributed by atoms with Crippen LogP contribution in [-0.4, -0.2) is 85.3 Å². The molecule has 4 heterocycles. The Kier molecular flexibility index (Phi) is 9.97. The molecule has 0 unspecified atom stereocenters. The third-order valence-corrected chi connectivity index (χ3v) is 10.4. The van der Waals surface area contributed by atoms with Crippen molar-refractivity contribution >= 4 is 34.0 Å². The first-order valence-corrected chi connectivity index (χ1v) is 15.8. The lowest BCUT2D eigenvalue weighted by Gasteiger charge is -2.41. The largest absolute Gasteiger partial charge is 0.497 e. The normalized spacial score (nSPS) is 18.7. The third kappa shape index (κ3) is 7.09. The number of aliphatic hydroxyl groups is 1. The average Bonchev–Trinajstić information content (AvgIpc) is 3.49. The van der Waals surface area contributed by atoms with Crippen molar-refractivity contribution in [2.75, 3.05) is 65.4 Å². The summed E-state index contributed by atoms with van der Waals surface area (Å²) in [5.41, 5.74) is 3.76. The number of ether oxygens (including phenoxy) is 2. The molecule has 2 fully saturated rings. The molecule has 0 aliphatic carbocycles. The number of fused-ring (bicyclic) bond motifs is 1. The molecular weight excluding hydrogens is 514 g/mol. The van der Waals surface area contributed by atoms with Gasteiger partial charge in [0.1, 0.15) is 5.75 Å². The van der Waals surface area contributed by atoms with E-state index in [-0.39, 0.29) is 12.0 Å². The summed E-state index contributed by atoms with van der Waals surface area (Å²) < 4.78 is 12.5. The quantitative estimate of drug-likeness (QED) is 0.303. The van der Waals surface area contributed by atoms with Crippen LogP contribution in [0.2, 0.25) is 0 Å². The van der Waals surface area contributed by atoms with E-state index in [0.717, 1.165) is 102 Å². The Bertz CT molecular complexity index is 1140. The number of pyridine rings is 1. The summed E-state index contributed by atoms with van der Waals surface area (Å²) in [5, 5.41) is 13.8. The number of benzene rings is 1. The standard InChI is InChI=1S/C30H41N3O3S2/c1-35-25-6-7-28-27(20-25)26(24(21-31-28)22-33-13-16-36-17-14-33)4-2-8-30(23-34)9-11-32(12-10-30)15-19-38-29-5-3-18-37-29/h3,5-7,18,20-21,34H,2,4,8-17,19,22-23H2,1H3. The van der Waals surface area contributed by atoms with Gasteiger partial charge in [-0.25, -0.2) is 0 Å². The van der Waals surface area contributed by atoms with E-state index in [1.807, 2.05) is 29.2 Å². The number of hydrogen-bond donors (Lipinski definition) is 1. The molecule has 8 heteroatoms. The number of thioether (sulfide) groups is 1. The van der Waals surface area contributed by atoms with Crippen LogP contribution in [-0.2, 0) is 17.7 Å². The number of aliphatic hydroxyl groups excluding tert-OH is 1. The smallest absolute Gasteiger partial charge is 0.119 e. The lowest BCUT2D eigenvalue weighted by atomic mass is 9.75. The van der Waals surface area contributed by atoms with Crippen molar-refractivity contribution < 1.29 is 14.6 Å². The predicted molar refractivity (Wildman–Crippen MR) is 158 cm³/mol. The lowest BCUT2D eigenvalue weighted by Crippen LogP contribution is -2.42. The highest BCUT2D eigenvalue weighted by molar-refractivity contribution is 8.01. The highest BCUT2D eigenvalue weighted by Crippen LogP contribution is 2.37. The molecular formula is C30H41N3O3S2. The number of thiophene rings is 1. The minimum atomic E-state index is 0.0439. The Balaban J connectivity index is 1.21. The summed E-state index contributed by atoms with van der Waals surface area (Å²) in [5.74, 6) is 2.01. The Hall–Kier alpha value is -1.68. The van der Waals surface area contributed by atoms with Crippen molar-refractivity contribution in [3.8, 4) is 5.75 Å². The van der Waals surface area contributed by atoms with Gasteiger partial charge >= 0.3 is 0 Å². The Morgan fingerprint density at radius 2 is 1.97 bits per heavy atom. The van der Waals surface area contributed by atoms with E-state index in [4.69, 9.17) is 14.5 Å². The highest BCUT2D eigenvalue weighted by atomic mass is 32.2. The second kappa shape index (κ2) is 13.6. The molecule has 5 rings (SSSR count). The van der Waals surface area contributed by atoms with Gasteiger partial charge in [0.15, 0.2) is 0 Å².